The summed E-state index contributed by atoms with van der Waals surface area (Å²) in [5.41, 5.74) is 2.13. The SMILES string of the molecule is Cc1cc(F)cc(NC2CS(=O)(=O)c3ccccc32)c1. The predicted octanol–water partition coefficient (Wildman–Crippen LogP) is 3.07. The molecule has 2 aromatic rings. The van der Waals surface area contributed by atoms with Crippen LogP contribution in [-0.2, 0) is 9.84 Å². The summed E-state index contributed by atoms with van der Waals surface area (Å²) in [5.74, 6) is -0.330. The van der Waals surface area contributed by atoms with Gasteiger partial charge in [-0.2, -0.15) is 0 Å². The molecule has 5 heteroatoms. The zero-order valence-electron chi connectivity index (χ0n) is 10.9. The summed E-state index contributed by atoms with van der Waals surface area (Å²) in [6.07, 6.45) is 0. The van der Waals surface area contributed by atoms with Crippen molar-refractivity contribution in [2.45, 2.75) is 17.9 Å². The second-order valence-corrected chi connectivity index (χ2v) is 7.04. The lowest BCUT2D eigenvalue weighted by Crippen LogP contribution is -2.13. The Bertz CT molecular complexity index is 751. The highest BCUT2D eigenvalue weighted by Crippen LogP contribution is 2.35. The van der Waals surface area contributed by atoms with Crippen LogP contribution in [0.1, 0.15) is 17.2 Å². The van der Waals surface area contributed by atoms with Gasteiger partial charge in [-0.1, -0.05) is 18.2 Å². The summed E-state index contributed by atoms with van der Waals surface area (Å²) in [7, 11) is -3.25. The van der Waals surface area contributed by atoms with E-state index >= 15 is 0 Å². The zero-order valence-corrected chi connectivity index (χ0v) is 11.7. The molecule has 0 spiro atoms. The number of halogens is 1. The van der Waals surface area contributed by atoms with Gasteiger partial charge in [0.1, 0.15) is 5.82 Å². The van der Waals surface area contributed by atoms with Crippen molar-refractivity contribution in [2.75, 3.05) is 11.1 Å². The molecule has 3 rings (SSSR count). The van der Waals surface area contributed by atoms with Crippen LogP contribution >= 0.6 is 0 Å². The molecular weight excluding hydrogens is 277 g/mol. The van der Waals surface area contributed by atoms with E-state index in [9.17, 15) is 12.8 Å². The minimum absolute atomic E-state index is 0.00189. The Hall–Kier alpha value is -1.88. The lowest BCUT2D eigenvalue weighted by molar-refractivity contribution is 0.598. The third-order valence-electron chi connectivity index (χ3n) is 3.40. The molecule has 1 aliphatic rings. The average molecular weight is 291 g/mol. The maximum absolute atomic E-state index is 13.4. The number of hydrogen-bond acceptors (Lipinski definition) is 3. The Balaban J connectivity index is 1.97. The van der Waals surface area contributed by atoms with Gasteiger partial charge in [-0.25, -0.2) is 12.8 Å². The number of aryl methyl sites for hydroxylation is 1. The van der Waals surface area contributed by atoms with Gasteiger partial charge in [0, 0.05) is 5.69 Å². The number of rotatable bonds is 2. The quantitative estimate of drug-likeness (QED) is 0.925. The Kier molecular flexibility index (Phi) is 3.01. The van der Waals surface area contributed by atoms with Crippen LogP contribution in [0.4, 0.5) is 10.1 Å². The number of hydrogen-bond donors (Lipinski definition) is 1. The number of benzene rings is 2. The molecule has 0 aliphatic carbocycles. The summed E-state index contributed by atoms with van der Waals surface area (Å²) < 4.78 is 37.5. The number of anilines is 1. The van der Waals surface area contributed by atoms with Crippen molar-refractivity contribution >= 4 is 15.5 Å². The number of fused-ring (bicyclic) bond motifs is 1. The first-order chi connectivity index (χ1) is 9.45. The Labute approximate surface area is 117 Å². The summed E-state index contributed by atoms with van der Waals surface area (Å²) in [5, 5.41) is 3.12. The Morgan fingerprint density at radius 3 is 2.70 bits per heavy atom. The van der Waals surface area contributed by atoms with Crippen LogP contribution in [-0.4, -0.2) is 14.2 Å². The first-order valence-electron chi connectivity index (χ1n) is 6.31. The molecule has 1 atom stereocenters. The fourth-order valence-corrected chi connectivity index (χ4v) is 4.33. The van der Waals surface area contributed by atoms with Crippen LogP contribution in [0.25, 0.3) is 0 Å². The maximum Gasteiger partial charge on any atom is 0.181 e. The standard InChI is InChI=1S/C15H14FNO2S/c1-10-6-11(16)8-12(7-10)17-14-9-20(18,19)15-5-3-2-4-13(14)15/h2-8,14,17H,9H2,1H3. The number of sulfone groups is 1. The van der Waals surface area contributed by atoms with Crippen molar-refractivity contribution in [3.63, 3.8) is 0 Å². The minimum atomic E-state index is -3.25. The summed E-state index contributed by atoms with van der Waals surface area (Å²) in [6, 6.07) is 11.2. The van der Waals surface area contributed by atoms with Gasteiger partial charge in [0.25, 0.3) is 0 Å². The van der Waals surface area contributed by atoms with E-state index in [2.05, 4.69) is 5.32 Å². The van der Waals surface area contributed by atoms with E-state index in [0.29, 0.717) is 10.6 Å². The van der Waals surface area contributed by atoms with Gasteiger partial charge in [0.05, 0.1) is 16.7 Å². The maximum atomic E-state index is 13.4. The summed E-state index contributed by atoms with van der Waals surface area (Å²) >= 11 is 0. The van der Waals surface area contributed by atoms with E-state index in [1.165, 1.54) is 12.1 Å². The fourth-order valence-electron chi connectivity index (χ4n) is 2.59. The summed E-state index contributed by atoms with van der Waals surface area (Å²) in [6.45, 7) is 1.80. The lowest BCUT2D eigenvalue weighted by atomic mass is 10.1. The highest BCUT2D eigenvalue weighted by Gasteiger charge is 2.34. The zero-order chi connectivity index (χ0) is 14.3. The van der Waals surface area contributed by atoms with E-state index < -0.39 is 9.84 Å². The molecule has 104 valence electrons. The number of nitrogens with one attached hydrogen (secondary N) is 1. The molecular formula is C15H14FNO2S. The fraction of sp³-hybridized carbons (Fsp3) is 0.200. The van der Waals surface area contributed by atoms with Gasteiger partial charge in [0.2, 0.25) is 0 Å². The normalized spacial score (nSPS) is 19.6. The van der Waals surface area contributed by atoms with Gasteiger partial charge >= 0.3 is 0 Å². The average Bonchev–Trinajstić information content (AvgIpc) is 2.60. The third-order valence-corrected chi connectivity index (χ3v) is 5.21. The highest BCUT2D eigenvalue weighted by atomic mass is 32.2. The van der Waals surface area contributed by atoms with Crippen LogP contribution in [0, 0.1) is 12.7 Å². The second-order valence-electron chi connectivity index (χ2n) is 5.03. The Morgan fingerprint density at radius 1 is 1.20 bits per heavy atom. The molecule has 20 heavy (non-hydrogen) atoms. The van der Waals surface area contributed by atoms with E-state index in [1.807, 2.05) is 6.07 Å². The van der Waals surface area contributed by atoms with Crippen LogP contribution in [0.2, 0.25) is 0 Å². The first kappa shape index (κ1) is 13.1. The van der Waals surface area contributed by atoms with E-state index in [-0.39, 0.29) is 17.6 Å². The van der Waals surface area contributed by atoms with Crippen LogP contribution in [0.15, 0.2) is 47.4 Å². The van der Waals surface area contributed by atoms with Crippen molar-refractivity contribution in [1.29, 1.82) is 0 Å². The second kappa shape index (κ2) is 4.59. The molecule has 0 fully saturated rings. The monoisotopic (exact) mass is 291 g/mol. The van der Waals surface area contributed by atoms with E-state index in [1.54, 1.807) is 31.2 Å². The van der Waals surface area contributed by atoms with Gasteiger partial charge in [-0.05, 0) is 42.3 Å². The molecule has 2 aromatic carbocycles. The van der Waals surface area contributed by atoms with Crippen molar-refractivity contribution < 1.29 is 12.8 Å². The molecule has 1 heterocycles. The molecule has 0 aromatic heterocycles. The van der Waals surface area contributed by atoms with Gasteiger partial charge in [0.15, 0.2) is 9.84 Å². The minimum Gasteiger partial charge on any atom is -0.377 e. The molecule has 0 saturated heterocycles. The van der Waals surface area contributed by atoms with E-state index in [4.69, 9.17) is 0 Å². The molecule has 0 bridgehead atoms. The largest absolute Gasteiger partial charge is 0.377 e. The molecule has 1 N–H and O–H groups in total. The van der Waals surface area contributed by atoms with Crippen molar-refractivity contribution in [3.8, 4) is 0 Å². The van der Waals surface area contributed by atoms with Crippen molar-refractivity contribution in [1.82, 2.24) is 0 Å². The molecule has 3 nitrogen and oxygen atoms in total. The van der Waals surface area contributed by atoms with E-state index in [0.717, 1.165) is 11.1 Å². The smallest absolute Gasteiger partial charge is 0.181 e. The lowest BCUT2D eigenvalue weighted by Gasteiger charge is -2.14. The van der Waals surface area contributed by atoms with Gasteiger partial charge in [-0.15, -0.1) is 0 Å². The predicted molar refractivity (Wildman–Crippen MR) is 76.0 cm³/mol. The summed E-state index contributed by atoms with van der Waals surface area (Å²) in [4.78, 5) is 0.366. The molecule has 1 aliphatic heterocycles. The molecule has 0 amide bonds. The molecule has 0 radical (unpaired) electrons. The molecule has 1 unspecified atom stereocenters. The third kappa shape index (κ3) is 2.29. The van der Waals surface area contributed by atoms with Gasteiger partial charge in [-0.3, -0.25) is 0 Å². The van der Waals surface area contributed by atoms with Crippen LogP contribution in [0.3, 0.4) is 0 Å². The van der Waals surface area contributed by atoms with Crippen LogP contribution < -0.4 is 5.32 Å². The van der Waals surface area contributed by atoms with Crippen LogP contribution in [0.5, 0.6) is 0 Å². The first-order valence-corrected chi connectivity index (χ1v) is 7.96. The molecule has 0 saturated carbocycles. The highest BCUT2D eigenvalue weighted by molar-refractivity contribution is 7.91. The topological polar surface area (TPSA) is 46.2 Å². The van der Waals surface area contributed by atoms with Crippen molar-refractivity contribution in [3.05, 3.63) is 59.4 Å². The Morgan fingerprint density at radius 2 is 1.95 bits per heavy atom. The van der Waals surface area contributed by atoms with Crippen molar-refractivity contribution in [2.24, 2.45) is 0 Å². The van der Waals surface area contributed by atoms with Gasteiger partial charge < -0.3 is 5.32 Å².